The van der Waals surface area contributed by atoms with Crippen LogP contribution in [0.25, 0.3) is 0 Å². The summed E-state index contributed by atoms with van der Waals surface area (Å²) in [5, 5.41) is 3.25. The van der Waals surface area contributed by atoms with Gasteiger partial charge in [-0.15, -0.1) is 0 Å². The molecule has 3 heteroatoms. The topological polar surface area (TPSA) is 15.3 Å². The molecule has 2 nitrogen and oxygen atoms in total. The molecule has 100 valence electrons. The largest absolute Gasteiger partial charge is 0.368 e. The van der Waals surface area contributed by atoms with Gasteiger partial charge in [-0.25, -0.2) is 4.39 Å². The maximum atomic E-state index is 13.7. The summed E-state index contributed by atoms with van der Waals surface area (Å²) in [5.41, 5.74) is 2.08. The maximum Gasteiger partial charge on any atom is 0.125 e. The van der Waals surface area contributed by atoms with Crippen LogP contribution in [0.15, 0.2) is 18.2 Å². The molecule has 2 rings (SSSR count). The Kier molecular flexibility index (Phi) is 4.59. The van der Waals surface area contributed by atoms with Crippen molar-refractivity contribution in [3.05, 3.63) is 29.6 Å². The first-order valence-corrected chi connectivity index (χ1v) is 7.01. The van der Waals surface area contributed by atoms with E-state index in [9.17, 15) is 4.39 Å². The van der Waals surface area contributed by atoms with Gasteiger partial charge in [-0.1, -0.05) is 13.8 Å². The lowest BCUT2D eigenvalue weighted by atomic mass is 10.1. The molecule has 0 radical (unpaired) electrons. The van der Waals surface area contributed by atoms with E-state index in [0.29, 0.717) is 6.04 Å². The molecule has 0 atom stereocenters. The number of nitrogens with one attached hydrogen (secondary N) is 1. The van der Waals surface area contributed by atoms with Gasteiger partial charge in [-0.2, -0.15) is 0 Å². The molecular formula is C15H23FN2. The summed E-state index contributed by atoms with van der Waals surface area (Å²) >= 11 is 0. The van der Waals surface area contributed by atoms with E-state index in [1.54, 1.807) is 12.1 Å². The molecule has 0 bridgehead atoms. The molecule has 1 N–H and O–H groups in total. The van der Waals surface area contributed by atoms with Crippen molar-refractivity contribution in [3.8, 4) is 0 Å². The minimum atomic E-state index is -0.123. The van der Waals surface area contributed by atoms with Crippen molar-refractivity contribution in [2.75, 3.05) is 18.0 Å². The average Bonchev–Trinajstić information content (AvgIpc) is 3.17. The Hall–Kier alpha value is -1.09. The normalized spacial score (nSPS) is 14.8. The van der Waals surface area contributed by atoms with Crippen molar-refractivity contribution >= 4 is 5.69 Å². The second-order valence-corrected chi connectivity index (χ2v) is 5.02. The standard InChI is InChI=1S/C15H23FN2/c1-3-7-18(14-5-6-14)15-9-12(11-17-4-2)8-13(16)10-15/h8-10,14,17H,3-7,11H2,1-2H3. The van der Waals surface area contributed by atoms with Crippen molar-refractivity contribution in [1.29, 1.82) is 0 Å². The fourth-order valence-electron chi connectivity index (χ4n) is 2.32. The second-order valence-electron chi connectivity index (χ2n) is 5.02. The van der Waals surface area contributed by atoms with E-state index in [4.69, 9.17) is 0 Å². The van der Waals surface area contributed by atoms with Crippen LogP contribution >= 0.6 is 0 Å². The van der Waals surface area contributed by atoms with Gasteiger partial charge in [-0.3, -0.25) is 0 Å². The molecule has 0 amide bonds. The van der Waals surface area contributed by atoms with E-state index in [1.165, 1.54) is 12.8 Å². The van der Waals surface area contributed by atoms with Crippen LogP contribution in [-0.4, -0.2) is 19.1 Å². The molecule has 1 fully saturated rings. The predicted octanol–water partition coefficient (Wildman–Crippen LogP) is 3.31. The van der Waals surface area contributed by atoms with E-state index >= 15 is 0 Å². The molecule has 1 aliphatic rings. The first kappa shape index (κ1) is 13.3. The minimum Gasteiger partial charge on any atom is -0.368 e. The number of nitrogens with zero attached hydrogens (tertiary/aromatic N) is 1. The van der Waals surface area contributed by atoms with Gasteiger partial charge >= 0.3 is 0 Å². The number of hydrogen-bond acceptors (Lipinski definition) is 2. The Morgan fingerprint density at radius 1 is 1.28 bits per heavy atom. The van der Waals surface area contributed by atoms with E-state index in [-0.39, 0.29) is 5.82 Å². The molecule has 1 aromatic carbocycles. The van der Waals surface area contributed by atoms with Crippen molar-refractivity contribution in [1.82, 2.24) is 5.32 Å². The number of halogens is 1. The van der Waals surface area contributed by atoms with Gasteiger partial charge in [0, 0.05) is 24.8 Å². The molecule has 1 saturated carbocycles. The number of hydrogen-bond donors (Lipinski definition) is 1. The molecule has 0 saturated heterocycles. The predicted molar refractivity (Wildman–Crippen MR) is 74.4 cm³/mol. The van der Waals surface area contributed by atoms with E-state index in [0.717, 1.165) is 37.3 Å². The van der Waals surface area contributed by atoms with Crippen LogP contribution in [0.4, 0.5) is 10.1 Å². The average molecular weight is 250 g/mol. The zero-order valence-electron chi connectivity index (χ0n) is 11.4. The third-order valence-electron chi connectivity index (χ3n) is 3.31. The lowest BCUT2D eigenvalue weighted by molar-refractivity contribution is 0.619. The molecule has 0 heterocycles. The van der Waals surface area contributed by atoms with Crippen molar-refractivity contribution in [2.45, 2.75) is 45.7 Å². The minimum absolute atomic E-state index is 0.123. The number of benzene rings is 1. The lowest BCUT2D eigenvalue weighted by Crippen LogP contribution is -2.26. The fraction of sp³-hybridized carbons (Fsp3) is 0.600. The van der Waals surface area contributed by atoms with E-state index < -0.39 is 0 Å². The molecule has 1 aliphatic carbocycles. The summed E-state index contributed by atoms with van der Waals surface area (Å²) in [6, 6.07) is 6.06. The van der Waals surface area contributed by atoms with Crippen LogP contribution < -0.4 is 10.2 Å². The SMILES string of the molecule is CCCN(c1cc(F)cc(CNCC)c1)C1CC1. The van der Waals surface area contributed by atoms with Gasteiger partial charge in [0.2, 0.25) is 0 Å². The summed E-state index contributed by atoms with van der Waals surface area (Å²) in [5.74, 6) is -0.123. The third kappa shape index (κ3) is 3.45. The molecule has 0 aliphatic heterocycles. The summed E-state index contributed by atoms with van der Waals surface area (Å²) in [4.78, 5) is 2.36. The van der Waals surface area contributed by atoms with Gasteiger partial charge in [-0.05, 0) is 49.6 Å². The highest BCUT2D eigenvalue weighted by molar-refractivity contribution is 5.51. The summed E-state index contributed by atoms with van der Waals surface area (Å²) in [7, 11) is 0. The highest BCUT2D eigenvalue weighted by Gasteiger charge is 2.28. The van der Waals surface area contributed by atoms with Crippen molar-refractivity contribution in [2.24, 2.45) is 0 Å². The van der Waals surface area contributed by atoms with Crippen molar-refractivity contribution < 1.29 is 4.39 Å². The van der Waals surface area contributed by atoms with Crippen LogP contribution in [0.2, 0.25) is 0 Å². The van der Waals surface area contributed by atoms with Gasteiger partial charge in [0.05, 0.1) is 0 Å². The molecular weight excluding hydrogens is 227 g/mol. The monoisotopic (exact) mass is 250 g/mol. The Morgan fingerprint density at radius 2 is 2.06 bits per heavy atom. The van der Waals surface area contributed by atoms with Gasteiger partial charge in [0.15, 0.2) is 0 Å². The first-order valence-electron chi connectivity index (χ1n) is 7.01. The number of anilines is 1. The molecule has 1 aromatic rings. The molecule has 0 unspecified atom stereocenters. The van der Waals surface area contributed by atoms with Gasteiger partial charge < -0.3 is 10.2 Å². The van der Waals surface area contributed by atoms with E-state index in [2.05, 4.69) is 30.1 Å². The smallest absolute Gasteiger partial charge is 0.125 e. The Labute approximate surface area is 109 Å². The van der Waals surface area contributed by atoms with E-state index in [1.807, 2.05) is 0 Å². The lowest BCUT2D eigenvalue weighted by Gasteiger charge is -2.25. The molecule has 18 heavy (non-hydrogen) atoms. The van der Waals surface area contributed by atoms with Crippen LogP contribution in [0.5, 0.6) is 0 Å². The molecule has 0 spiro atoms. The van der Waals surface area contributed by atoms with Crippen LogP contribution in [0.3, 0.4) is 0 Å². The molecule has 0 aromatic heterocycles. The summed E-state index contributed by atoms with van der Waals surface area (Å²) in [6.07, 6.45) is 3.60. The zero-order chi connectivity index (χ0) is 13.0. The first-order chi connectivity index (χ1) is 8.74. The summed E-state index contributed by atoms with van der Waals surface area (Å²) in [6.45, 7) is 6.91. The van der Waals surface area contributed by atoms with Crippen LogP contribution in [-0.2, 0) is 6.54 Å². The zero-order valence-corrected chi connectivity index (χ0v) is 11.4. The number of rotatable bonds is 7. The van der Waals surface area contributed by atoms with Crippen LogP contribution in [0, 0.1) is 5.82 Å². The van der Waals surface area contributed by atoms with Crippen molar-refractivity contribution in [3.63, 3.8) is 0 Å². The quantitative estimate of drug-likeness (QED) is 0.798. The highest BCUT2D eigenvalue weighted by Crippen LogP contribution is 2.32. The third-order valence-corrected chi connectivity index (χ3v) is 3.31. The highest BCUT2D eigenvalue weighted by atomic mass is 19.1. The second kappa shape index (κ2) is 6.19. The Bertz CT molecular complexity index is 388. The summed E-state index contributed by atoms with van der Waals surface area (Å²) < 4.78 is 13.7. The fourth-order valence-corrected chi connectivity index (χ4v) is 2.32. The maximum absolute atomic E-state index is 13.7. The van der Waals surface area contributed by atoms with Gasteiger partial charge in [0.25, 0.3) is 0 Å². The Balaban J connectivity index is 2.16. The van der Waals surface area contributed by atoms with Gasteiger partial charge in [0.1, 0.15) is 5.82 Å². The van der Waals surface area contributed by atoms with Crippen LogP contribution in [0.1, 0.15) is 38.7 Å². The Morgan fingerprint density at radius 3 is 2.67 bits per heavy atom.